The molecule has 0 aliphatic heterocycles. The number of nitrogens with zero attached hydrogens (tertiary/aromatic N) is 2. The van der Waals surface area contributed by atoms with Crippen molar-refractivity contribution in [2.45, 2.75) is 26.9 Å². The Labute approximate surface area is 105 Å². The molecule has 0 spiro atoms. The Hall–Kier alpha value is -1.52. The SMILES string of the molecule is CC/N=C(/N(CC)c1ccccc1C)C(F)(F)F. The molecule has 0 saturated heterocycles. The smallest absolute Gasteiger partial charge is 0.323 e. The van der Waals surface area contributed by atoms with Gasteiger partial charge < -0.3 is 4.90 Å². The van der Waals surface area contributed by atoms with Gasteiger partial charge in [-0.25, -0.2) is 0 Å². The molecule has 5 heteroatoms. The first kappa shape index (κ1) is 14.5. The number of amidine groups is 1. The van der Waals surface area contributed by atoms with Crippen molar-refractivity contribution in [3.63, 3.8) is 0 Å². The molecule has 0 aromatic heterocycles. The Balaban J connectivity index is 3.24. The van der Waals surface area contributed by atoms with Crippen LogP contribution in [0, 0.1) is 6.92 Å². The van der Waals surface area contributed by atoms with Crippen LogP contribution in [0.3, 0.4) is 0 Å². The molecule has 2 nitrogen and oxygen atoms in total. The molecule has 0 aliphatic carbocycles. The molecule has 0 bridgehead atoms. The van der Waals surface area contributed by atoms with Crippen molar-refractivity contribution >= 4 is 11.5 Å². The number of hydrogen-bond acceptors (Lipinski definition) is 1. The second-order valence-electron chi connectivity index (χ2n) is 3.83. The molecule has 1 aromatic carbocycles. The van der Waals surface area contributed by atoms with Crippen LogP contribution in [-0.4, -0.2) is 25.1 Å². The Morgan fingerprint density at radius 2 is 1.83 bits per heavy atom. The van der Waals surface area contributed by atoms with Crippen LogP contribution in [0.4, 0.5) is 18.9 Å². The molecule has 0 saturated carbocycles. The van der Waals surface area contributed by atoms with Gasteiger partial charge >= 0.3 is 6.18 Å². The van der Waals surface area contributed by atoms with E-state index in [2.05, 4.69) is 4.99 Å². The summed E-state index contributed by atoms with van der Waals surface area (Å²) in [5.41, 5.74) is 1.34. The Morgan fingerprint density at radius 3 is 2.28 bits per heavy atom. The molecule has 0 heterocycles. The first-order valence-electron chi connectivity index (χ1n) is 5.86. The van der Waals surface area contributed by atoms with Crippen molar-refractivity contribution in [1.82, 2.24) is 0 Å². The zero-order valence-corrected chi connectivity index (χ0v) is 10.8. The third kappa shape index (κ3) is 3.24. The zero-order valence-electron chi connectivity index (χ0n) is 10.8. The van der Waals surface area contributed by atoms with E-state index in [-0.39, 0.29) is 13.1 Å². The van der Waals surface area contributed by atoms with Crippen molar-refractivity contribution < 1.29 is 13.2 Å². The second-order valence-corrected chi connectivity index (χ2v) is 3.83. The van der Waals surface area contributed by atoms with Crippen molar-refractivity contribution in [2.24, 2.45) is 4.99 Å². The van der Waals surface area contributed by atoms with Gasteiger partial charge in [-0.05, 0) is 32.4 Å². The van der Waals surface area contributed by atoms with Crippen molar-refractivity contribution in [2.75, 3.05) is 18.0 Å². The summed E-state index contributed by atoms with van der Waals surface area (Å²) in [6.07, 6.45) is -4.44. The molecule has 1 aromatic rings. The third-order valence-electron chi connectivity index (χ3n) is 2.54. The fourth-order valence-corrected chi connectivity index (χ4v) is 1.78. The summed E-state index contributed by atoms with van der Waals surface area (Å²) in [4.78, 5) is 4.81. The quantitative estimate of drug-likeness (QED) is 0.594. The highest BCUT2D eigenvalue weighted by Crippen LogP contribution is 2.27. The minimum atomic E-state index is -4.44. The Bertz CT molecular complexity index is 424. The lowest BCUT2D eigenvalue weighted by atomic mass is 10.1. The highest BCUT2D eigenvalue weighted by molar-refractivity contribution is 6.02. The van der Waals surface area contributed by atoms with E-state index in [9.17, 15) is 13.2 Å². The van der Waals surface area contributed by atoms with E-state index in [1.54, 1.807) is 45.0 Å². The van der Waals surface area contributed by atoms with E-state index < -0.39 is 12.0 Å². The van der Waals surface area contributed by atoms with E-state index in [4.69, 9.17) is 0 Å². The van der Waals surface area contributed by atoms with E-state index in [1.807, 2.05) is 0 Å². The van der Waals surface area contributed by atoms with Crippen molar-refractivity contribution in [1.29, 1.82) is 0 Å². The summed E-state index contributed by atoms with van der Waals surface area (Å²) in [6.45, 7) is 5.40. The maximum atomic E-state index is 13.0. The van der Waals surface area contributed by atoms with Crippen LogP contribution >= 0.6 is 0 Å². The number of alkyl halides is 3. The highest BCUT2D eigenvalue weighted by Gasteiger charge is 2.39. The summed E-state index contributed by atoms with van der Waals surface area (Å²) in [5, 5.41) is 0. The lowest BCUT2D eigenvalue weighted by Gasteiger charge is -2.27. The van der Waals surface area contributed by atoms with Crippen LogP contribution in [0.25, 0.3) is 0 Å². The zero-order chi connectivity index (χ0) is 13.8. The molecule has 0 N–H and O–H groups in total. The van der Waals surface area contributed by atoms with Crippen LogP contribution < -0.4 is 4.90 Å². The first-order chi connectivity index (χ1) is 8.41. The molecular formula is C13H17F3N2. The topological polar surface area (TPSA) is 15.6 Å². The number of hydrogen-bond donors (Lipinski definition) is 0. The molecule has 100 valence electrons. The second kappa shape index (κ2) is 5.89. The number of para-hydroxylation sites is 1. The van der Waals surface area contributed by atoms with Gasteiger partial charge in [0, 0.05) is 18.8 Å². The minimum absolute atomic E-state index is 0.108. The standard InChI is InChI=1S/C13H17F3N2/c1-4-17-12(13(14,15)16)18(5-2)11-9-7-6-8-10(11)3/h6-9H,4-5H2,1-3H3/b17-12+. The number of aliphatic imine (C=N–C) groups is 1. The van der Waals surface area contributed by atoms with Crippen molar-refractivity contribution in [3.8, 4) is 0 Å². The molecule has 1 rings (SSSR count). The monoisotopic (exact) mass is 258 g/mol. The van der Waals surface area contributed by atoms with E-state index in [0.29, 0.717) is 5.69 Å². The molecule has 0 unspecified atom stereocenters. The van der Waals surface area contributed by atoms with Crippen LogP contribution in [0.5, 0.6) is 0 Å². The average Bonchev–Trinajstić information content (AvgIpc) is 2.30. The van der Waals surface area contributed by atoms with E-state index in [1.165, 1.54) is 4.90 Å². The third-order valence-corrected chi connectivity index (χ3v) is 2.54. The Morgan fingerprint density at radius 1 is 1.22 bits per heavy atom. The van der Waals surface area contributed by atoms with Gasteiger partial charge in [0.1, 0.15) is 0 Å². The predicted molar refractivity (Wildman–Crippen MR) is 68.2 cm³/mol. The molecule has 0 aliphatic rings. The first-order valence-corrected chi connectivity index (χ1v) is 5.86. The van der Waals surface area contributed by atoms with Crippen LogP contribution in [0.2, 0.25) is 0 Å². The summed E-state index contributed by atoms with van der Waals surface area (Å²) in [6, 6.07) is 7.00. The fraction of sp³-hybridized carbons (Fsp3) is 0.462. The molecule has 0 fully saturated rings. The molecule has 0 radical (unpaired) electrons. The molecule has 0 amide bonds. The van der Waals surface area contributed by atoms with Gasteiger partial charge in [-0.2, -0.15) is 13.2 Å². The van der Waals surface area contributed by atoms with Crippen LogP contribution in [0.1, 0.15) is 19.4 Å². The number of rotatable bonds is 3. The van der Waals surface area contributed by atoms with E-state index in [0.717, 1.165) is 5.56 Å². The Kier molecular flexibility index (Phi) is 4.76. The average molecular weight is 258 g/mol. The molecular weight excluding hydrogens is 241 g/mol. The van der Waals surface area contributed by atoms with Gasteiger partial charge in [-0.3, -0.25) is 4.99 Å². The van der Waals surface area contributed by atoms with Gasteiger partial charge in [-0.15, -0.1) is 0 Å². The molecule has 0 atom stereocenters. The van der Waals surface area contributed by atoms with Gasteiger partial charge in [0.05, 0.1) is 0 Å². The van der Waals surface area contributed by atoms with Gasteiger partial charge in [0.15, 0.2) is 0 Å². The van der Waals surface area contributed by atoms with Crippen molar-refractivity contribution in [3.05, 3.63) is 29.8 Å². The van der Waals surface area contributed by atoms with Gasteiger partial charge in [-0.1, -0.05) is 18.2 Å². The lowest BCUT2D eigenvalue weighted by molar-refractivity contribution is -0.0603. The summed E-state index contributed by atoms with van der Waals surface area (Å²) >= 11 is 0. The maximum Gasteiger partial charge on any atom is 0.449 e. The maximum absolute atomic E-state index is 13.0. The molecule has 18 heavy (non-hydrogen) atoms. The lowest BCUT2D eigenvalue weighted by Crippen LogP contribution is -2.42. The van der Waals surface area contributed by atoms with Gasteiger partial charge in [0.25, 0.3) is 0 Å². The number of halogens is 3. The number of aryl methyl sites for hydroxylation is 1. The summed E-state index contributed by atoms with van der Waals surface area (Å²) < 4.78 is 39.0. The predicted octanol–water partition coefficient (Wildman–Crippen LogP) is 3.80. The minimum Gasteiger partial charge on any atom is -0.323 e. The fourth-order valence-electron chi connectivity index (χ4n) is 1.78. The van der Waals surface area contributed by atoms with Crippen LogP contribution in [0.15, 0.2) is 29.3 Å². The van der Waals surface area contributed by atoms with E-state index >= 15 is 0 Å². The number of anilines is 1. The summed E-state index contributed by atoms with van der Waals surface area (Å²) in [5.74, 6) is -0.832. The highest BCUT2D eigenvalue weighted by atomic mass is 19.4. The summed E-state index contributed by atoms with van der Waals surface area (Å²) in [7, 11) is 0. The van der Waals surface area contributed by atoms with Crippen LogP contribution in [-0.2, 0) is 0 Å². The largest absolute Gasteiger partial charge is 0.449 e. The normalized spacial score (nSPS) is 12.7. The van der Waals surface area contributed by atoms with Gasteiger partial charge in [0.2, 0.25) is 5.84 Å². The number of benzene rings is 1.